The predicted molar refractivity (Wildman–Crippen MR) is 85.5 cm³/mol. The van der Waals surface area contributed by atoms with Crippen molar-refractivity contribution >= 4 is 21.6 Å². The highest BCUT2D eigenvalue weighted by atomic mass is 79.9. The van der Waals surface area contributed by atoms with Crippen molar-refractivity contribution in [2.45, 2.75) is 19.4 Å². The average molecular weight is 341 g/mol. The Kier molecular flexibility index (Phi) is 3.76. The molecule has 0 spiro atoms. The predicted octanol–water partition coefficient (Wildman–Crippen LogP) is 4.55. The van der Waals surface area contributed by atoms with Crippen LogP contribution in [0.2, 0.25) is 0 Å². The largest absolute Gasteiger partial charge is 0.485 e. The van der Waals surface area contributed by atoms with Gasteiger partial charge in [0.1, 0.15) is 11.9 Å². The van der Waals surface area contributed by atoms with Gasteiger partial charge in [-0.25, -0.2) is 0 Å². The molecule has 1 aliphatic heterocycles. The molecular weight excluding hydrogens is 328 g/mol. The third-order valence-corrected chi connectivity index (χ3v) is 4.43. The summed E-state index contributed by atoms with van der Waals surface area (Å²) in [6.07, 6.45) is 2.39. The number of halogens is 1. The van der Waals surface area contributed by atoms with Crippen LogP contribution in [0.15, 0.2) is 51.9 Å². The van der Waals surface area contributed by atoms with Gasteiger partial charge in [0.15, 0.2) is 0 Å². The van der Waals surface area contributed by atoms with E-state index in [0.717, 1.165) is 32.6 Å². The fourth-order valence-electron chi connectivity index (χ4n) is 2.48. The number of aliphatic imine (C=N–C) groups is 1. The molecule has 2 aromatic rings. The number of nitrogens with zero attached hydrogens (tertiary/aromatic N) is 2. The molecule has 21 heavy (non-hydrogen) atoms. The molecule has 2 aromatic carbocycles. The molecule has 1 heterocycles. The minimum atomic E-state index is -0.105. The van der Waals surface area contributed by atoms with Gasteiger partial charge in [-0.3, -0.25) is 0 Å². The van der Waals surface area contributed by atoms with E-state index in [1.165, 1.54) is 0 Å². The van der Waals surface area contributed by atoms with Crippen molar-refractivity contribution in [3.05, 3.63) is 63.6 Å². The molecule has 0 N–H and O–H groups in total. The molecule has 0 bridgehead atoms. The Bertz CT molecular complexity index is 747. The summed E-state index contributed by atoms with van der Waals surface area (Å²) in [4.78, 5) is 3.99. The zero-order valence-corrected chi connectivity index (χ0v) is 13.1. The number of hydrogen-bond donors (Lipinski definition) is 0. The van der Waals surface area contributed by atoms with E-state index in [1.54, 1.807) is 0 Å². The standard InChI is InChI=1S/C17H13BrN2O/c1-11-7-17-13(8-14(11)18)15(20-10-19)9-16(21-17)12-5-3-2-4-6-12/h2-8,16H,9H2,1H3. The van der Waals surface area contributed by atoms with E-state index in [4.69, 9.17) is 10.00 Å². The number of fused-ring (bicyclic) bond motifs is 1. The summed E-state index contributed by atoms with van der Waals surface area (Å²) >= 11 is 3.52. The quantitative estimate of drug-likeness (QED) is 0.714. The Hall–Kier alpha value is -2.12. The van der Waals surface area contributed by atoms with Crippen molar-refractivity contribution in [3.63, 3.8) is 0 Å². The molecular formula is C17H13BrN2O. The molecule has 1 aliphatic rings. The lowest BCUT2D eigenvalue weighted by molar-refractivity contribution is 0.206. The lowest BCUT2D eigenvalue weighted by Gasteiger charge is -2.27. The van der Waals surface area contributed by atoms with Gasteiger partial charge in [-0.05, 0) is 30.2 Å². The number of rotatable bonds is 1. The van der Waals surface area contributed by atoms with Crippen LogP contribution < -0.4 is 4.74 Å². The van der Waals surface area contributed by atoms with E-state index in [-0.39, 0.29) is 6.10 Å². The summed E-state index contributed by atoms with van der Waals surface area (Å²) < 4.78 is 7.11. The number of hydrogen-bond acceptors (Lipinski definition) is 3. The molecule has 4 heteroatoms. The second kappa shape index (κ2) is 5.71. The third kappa shape index (κ3) is 2.70. The number of ether oxygens (including phenoxy) is 1. The molecule has 0 saturated heterocycles. The molecule has 0 amide bonds. The van der Waals surface area contributed by atoms with Crippen LogP contribution in [0.5, 0.6) is 5.75 Å². The van der Waals surface area contributed by atoms with Crippen molar-refractivity contribution in [2.24, 2.45) is 4.99 Å². The van der Waals surface area contributed by atoms with Crippen LogP contribution >= 0.6 is 15.9 Å². The van der Waals surface area contributed by atoms with E-state index in [1.807, 2.05) is 55.6 Å². The van der Waals surface area contributed by atoms with Gasteiger partial charge >= 0.3 is 0 Å². The van der Waals surface area contributed by atoms with Crippen LogP contribution in [0.3, 0.4) is 0 Å². The van der Waals surface area contributed by atoms with Gasteiger partial charge < -0.3 is 4.74 Å². The second-order valence-electron chi connectivity index (χ2n) is 4.98. The monoisotopic (exact) mass is 340 g/mol. The Balaban J connectivity index is 2.08. The van der Waals surface area contributed by atoms with Crippen molar-refractivity contribution in [3.8, 4) is 11.9 Å². The molecule has 0 aliphatic carbocycles. The molecule has 3 rings (SSSR count). The van der Waals surface area contributed by atoms with Crippen LogP contribution in [-0.2, 0) is 0 Å². The third-order valence-electron chi connectivity index (χ3n) is 3.58. The molecule has 1 unspecified atom stereocenters. The van der Waals surface area contributed by atoms with Crippen molar-refractivity contribution in [2.75, 3.05) is 0 Å². The van der Waals surface area contributed by atoms with E-state index in [2.05, 4.69) is 20.9 Å². The molecule has 104 valence electrons. The Morgan fingerprint density at radius 1 is 1.29 bits per heavy atom. The molecule has 0 radical (unpaired) electrons. The van der Waals surface area contributed by atoms with Gasteiger partial charge in [0.25, 0.3) is 0 Å². The highest BCUT2D eigenvalue weighted by Crippen LogP contribution is 2.38. The average Bonchev–Trinajstić information content (AvgIpc) is 2.50. The lowest BCUT2D eigenvalue weighted by Crippen LogP contribution is -2.21. The normalized spacial score (nSPS) is 18.7. The second-order valence-corrected chi connectivity index (χ2v) is 5.83. The van der Waals surface area contributed by atoms with Crippen LogP contribution in [0.1, 0.15) is 29.2 Å². The van der Waals surface area contributed by atoms with Gasteiger partial charge in [0.05, 0.1) is 5.71 Å². The van der Waals surface area contributed by atoms with Crippen LogP contribution in [0.4, 0.5) is 0 Å². The van der Waals surface area contributed by atoms with Crippen LogP contribution in [0.25, 0.3) is 0 Å². The van der Waals surface area contributed by atoms with Gasteiger partial charge in [-0.15, -0.1) is 0 Å². The maximum atomic E-state index is 8.93. The number of nitriles is 1. The minimum Gasteiger partial charge on any atom is -0.485 e. The highest BCUT2D eigenvalue weighted by Gasteiger charge is 2.27. The molecule has 0 fully saturated rings. The van der Waals surface area contributed by atoms with Crippen molar-refractivity contribution in [1.29, 1.82) is 5.26 Å². The highest BCUT2D eigenvalue weighted by molar-refractivity contribution is 9.10. The summed E-state index contributed by atoms with van der Waals surface area (Å²) in [5, 5.41) is 8.93. The summed E-state index contributed by atoms with van der Waals surface area (Å²) in [5.41, 5.74) is 3.85. The molecule has 3 nitrogen and oxygen atoms in total. The smallest absolute Gasteiger partial charge is 0.205 e. The summed E-state index contributed by atoms with van der Waals surface area (Å²) in [7, 11) is 0. The Morgan fingerprint density at radius 3 is 2.76 bits per heavy atom. The lowest BCUT2D eigenvalue weighted by atomic mass is 9.95. The first-order valence-corrected chi connectivity index (χ1v) is 7.46. The fourth-order valence-corrected chi connectivity index (χ4v) is 2.82. The Labute approximate surface area is 132 Å². The van der Waals surface area contributed by atoms with Gasteiger partial charge in [0, 0.05) is 16.5 Å². The van der Waals surface area contributed by atoms with E-state index >= 15 is 0 Å². The van der Waals surface area contributed by atoms with Crippen LogP contribution in [-0.4, -0.2) is 5.71 Å². The van der Waals surface area contributed by atoms with E-state index in [9.17, 15) is 0 Å². The summed E-state index contributed by atoms with van der Waals surface area (Å²) in [6, 6.07) is 14.0. The minimum absolute atomic E-state index is 0.105. The topological polar surface area (TPSA) is 45.4 Å². The van der Waals surface area contributed by atoms with Gasteiger partial charge in [0.2, 0.25) is 6.19 Å². The maximum Gasteiger partial charge on any atom is 0.205 e. The zero-order valence-electron chi connectivity index (χ0n) is 11.5. The van der Waals surface area contributed by atoms with Crippen molar-refractivity contribution in [1.82, 2.24) is 0 Å². The Morgan fingerprint density at radius 2 is 2.05 bits per heavy atom. The maximum absolute atomic E-state index is 8.93. The van der Waals surface area contributed by atoms with E-state index in [0.29, 0.717) is 6.42 Å². The first kappa shape index (κ1) is 13.8. The molecule has 1 atom stereocenters. The fraction of sp³-hybridized carbons (Fsp3) is 0.176. The number of aryl methyl sites for hydroxylation is 1. The van der Waals surface area contributed by atoms with Crippen LogP contribution in [0, 0.1) is 18.4 Å². The number of benzene rings is 2. The van der Waals surface area contributed by atoms with E-state index < -0.39 is 0 Å². The SMILES string of the molecule is Cc1cc2c(cc1Br)C(=NC#N)CC(c1ccccc1)O2. The first-order chi connectivity index (χ1) is 10.2. The summed E-state index contributed by atoms with van der Waals surface area (Å²) in [5.74, 6) is 0.782. The van der Waals surface area contributed by atoms with Crippen molar-refractivity contribution < 1.29 is 4.74 Å². The van der Waals surface area contributed by atoms with Gasteiger partial charge in [-0.1, -0.05) is 46.3 Å². The summed E-state index contributed by atoms with van der Waals surface area (Å²) in [6.45, 7) is 2.01. The zero-order chi connectivity index (χ0) is 14.8. The first-order valence-electron chi connectivity index (χ1n) is 6.67. The molecule has 0 saturated carbocycles. The van der Waals surface area contributed by atoms with Gasteiger partial charge in [-0.2, -0.15) is 10.3 Å². The molecule has 0 aromatic heterocycles.